The maximum absolute atomic E-state index is 12.4. The Kier molecular flexibility index (Phi) is 10.3. The lowest BCUT2D eigenvalue weighted by Gasteiger charge is -2.10. The summed E-state index contributed by atoms with van der Waals surface area (Å²) in [5.74, 6) is -0.210. The zero-order valence-corrected chi connectivity index (χ0v) is 17.3. The van der Waals surface area contributed by atoms with E-state index in [-0.39, 0.29) is 11.8 Å². The van der Waals surface area contributed by atoms with Gasteiger partial charge in [-0.05, 0) is 56.4 Å². The van der Waals surface area contributed by atoms with Gasteiger partial charge in [0.15, 0.2) is 0 Å². The molecule has 1 aromatic rings. The van der Waals surface area contributed by atoms with Gasteiger partial charge < -0.3 is 5.32 Å². The minimum atomic E-state index is -0.204. The summed E-state index contributed by atoms with van der Waals surface area (Å²) >= 11 is 0. The third kappa shape index (κ3) is 8.68. The maximum atomic E-state index is 12.4. The fraction of sp³-hybridized carbons (Fsp3) is 0.609. The number of nitrogens with zero attached hydrogens (tertiary/aromatic N) is 1. The Balaban J connectivity index is 1.87. The number of rotatable bonds is 5. The van der Waals surface area contributed by atoms with Gasteiger partial charge in [0, 0.05) is 23.4 Å². The third-order valence-electron chi connectivity index (χ3n) is 5.15. The number of nitrogens with one attached hydrogen (secondary N) is 2. The van der Waals surface area contributed by atoms with Crippen molar-refractivity contribution < 1.29 is 9.59 Å². The van der Waals surface area contributed by atoms with Crippen molar-refractivity contribution >= 4 is 23.2 Å². The quantitative estimate of drug-likeness (QED) is 0.627. The van der Waals surface area contributed by atoms with Crippen LogP contribution in [0.5, 0.6) is 0 Å². The Hall–Kier alpha value is -2.17. The normalized spacial score (nSPS) is 16.4. The van der Waals surface area contributed by atoms with Gasteiger partial charge in [-0.1, -0.05) is 51.9 Å². The minimum absolute atomic E-state index is 0.00592. The molecule has 5 nitrogen and oxygen atoms in total. The number of benzene rings is 1. The van der Waals surface area contributed by atoms with Crippen molar-refractivity contribution in [3.05, 3.63) is 29.8 Å². The van der Waals surface area contributed by atoms with Crippen LogP contribution in [0.25, 0.3) is 0 Å². The average Bonchev–Trinajstić information content (AvgIpc) is 2.68. The molecule has 0 aromatic heterocycles. The molecule has 0 saturated heterocycles. The molecule has 0 atom stereocenters. The molecule has 1 aliphatic rings. The molecular weight excluding hydrogens is 350 g/mol. The van der Waals surface area contributed by atoms with Crippen molar-refractivity contribution in [3.8, 4) is 0 Å². The van der Waals surface area contributed by atoms with E-state index >= 15 is 0 Å². The molecule has 0 unspecified atom stereocenters. The highest BCUT2D eigenvalue weighted by atomic mass is 16.2. The second-order valence-electron chi connectivity index (χ2n) is 7.68. The molecule has 154 valence electrons. The first kappa shape index (κ1) is 22.1. The van der Waals surface area contributed by atoms with Crippen molar-refractivity contribution in [3.63, 3.8) is 0 Å². The van der Waals surface area contributed by atoms with Crippen LogP contribution in [-0.2, 0) is 4.79 Å². The molecule has 0 spiro atoms. The third-order valence-corrected chi connectivity index (χ3v) is 5.15. The van der Waals surface area contributed by atoms with Gasteiger partial charge in [0.1, 0.15) is 0 Å². The highest BCUT2D eigenvalue weighted by molar-refractivity contribution is 5.96. The van der Waals surface area contributed by atoms with E-state index in [2.05, 4.69) is 15.8 Å². The summed E-state index contributed by atoms with van der Waals surface area (Å²) in [5, 5.41) is 7.26. The number of hydrogen-bond acceptors (Lipinski definition) is 3. The molecule has 5 heteroatoms. The Morgan fingerprint density at radius 2 is 1.39 bits per heavy atom. The van der Waals surface area contributed by atoms with Gasteiger partial charge in [-0.3, -0.25) is 9.59 Å². The van der Waals surface area contributed by atoms with Crippen LogP contribution in [0, 0.1) is 0 Å². The molecule has 1 aliphatic carbocycles. The monoisotopic (exact) mass is 385 g/mol. The van der Waals surface area contributed by atoms with Gasteiger partial charge in [-0.25, -0.2) is 5.43 Å². The van der Waals surface area contributed by atoms with Crippen molar-refractivity contribution in [1.82, 2.24) is 5.43 Å². The molecule has 1 saturated carbocycles. The topological polar surface area (TPSA) is 70.6 Å². The molecule has 1 fully saturated rings. The standard InChI is InChI=1S/C23H35N3O2/c1-2-12-22(27)24-20-17-15-19(16-18-20)23(28)26-25-21-13-10-8-6-4-3-5-7-9-11-14-21/h15-18H,2-14H2,1H3,(H,24,27)(H,26,28). The van der Waals surface area contributed by atoms with Crippen LogP contribution < -0.4 is 10.7 Å². The minimum Gasteiger partial charge on any atom is -0.326 e. The van der Waals surface area contributed by atoms with Crippen LogP contribution in [0.1, 0.15) is 101 Å². The molecule has 0 bridgehead atoms. The zero-order chi connectivity index (χ0) is 20.0. The summed E-state index contributed by atoms with van der Waals surface area (Å²) in [5.41, 5.74) is 5.09. The molecular formula is C23H35N3O2. The van der Waals surface area contributed by atoms with E-state index in [4.69, 9.17) is 0 Å². The Bertz CT molecular complexity index is 624. The van der Waals surface area contributed by atoms with Crippen LogP contribution in [0.4, 0.5) is 5.69 Å². The smallest absolute Gasteiger partial charge is 0.271 e. The van der Waals surface area contributed by atoms with E-state index < -0.39 is 0 Å². The Morgan fingerprint density at radius 1 is 0.857 bits per heavy atom. The van der Waals surface area contributed by atoms with Gasteiger partial charge in [0.25, 0.3) is 5.91 Å². The van der Waals surface area contributed by atoms with Crippen LogP contribution in [-0.4, -0.2) is 17.5 Å². The number of carbonyl (C=O) groups excluding carboxylic acids is 2. The molecule has 0 radical (unpaired) electrons. The van der Waals surface area contributed by atoms with Crippen LogP contribution >= 0.6 is 0 Å². The van der Waals surface area contributed by atoms with E-state index in [0.717, 1.165) is 37.8 Å². The van der Waals surface area contributed by atoms with E-state index in [0.29, 0.717) is 17.7 Å². The number of hydrazone groups is 1. The van der Waals surface area contributed by atoms with E-state index in [1.807, 2.05) is 6.92 Å². The molecule has 1 aromatic carbocycles. The van der Waals surface area contributed by atoms with Crippen LogP contribution in [0.15, 0.2) is 29.4 Å². The average molecular weight is 386 g/mol. The fourth-order valence-electron chi connectivity index (χ4n) is 3.48. The summed E-state index contributed by atoms with van der Waals surface area (Å²) in [6.45, 7) is 1.97. The van der Waals surface area contributed by atoms with Crippen molar-refractivity contribution in [2.45, 2.75) is 90.4 Å². The molecule has 2 rings (SSSR count). The van der Waals surface area contributed by atoms with Gasteiger partial charge in [0.2, 0.25) is 5.91 Å². The maximum Gasteiger partial charge on any atom is 0.271 e. The van der Waals surface area contributed by atoms with Gasteiger partial charge in [-0.2, -0.15) is 5.10 Å². The van der Waals surface area contributed by atoms with Crippen molar-refractivity contribution in [2.24, 2.45) is 5.10 Å². The Morgan fingerprint density at radius 3 is 1.93 bits per heavy atom. The lowest BCUT2D eigenvalue weighted by molar-refractivity contribution is -0.116. The fourth-order valence-corrected chi connectivity index (χ4v) is 3.48. The number of carbonyl (C=O) groups is 2. The molecule has 28 heavy (non-hydrogen) atoms. The lowest BCUT2D eigenvalue weighted by atomic mass is 10.00. The molecule has 2 amide bonds. The SMILES string of the molecule is CCCC(=O)Nc1ccc(C(=O)NN=C2CCCCCCCCCCC2)cc1. The highest BCUT2D eigenvalue weighted by Crippen LogP contribution is 2.15. The van der Waals surface area contributed by atoms with Crippen molar-refractivity contribution in [2.75, 3.05) is 5.32 Å². The first-order chi connectivity index (χ1) is 13.7. The summed E-state index contributed by atoms with van der Waals surface area (Å²) in [6, 6.07) is 6.95. The zero-order valence-electron chi connectivity index (χ0n) is 17.3. The van der Waals surface area contributed by atoms with Crippen LogP contribution in [0.2, 0.25) is 0 Å². The first-order valence-corrected chi connectivity index (χ1v) is 10.9. The number of hydrogen-bond donors (Lipinski definition) is 2. The predicted molar refractivity (Wildman–Crippen MR) is 116 cm³/mol. The van der Waals surface area contributed by atoms with E-state index in [1.165, 1.54) is 44.9 Å². The number of amides is 2. The predicted octanol–water partition coefficient (Wildman–Crippen LogP) is 5.82. The van der Waals surface area contributed by atoms with E-state index in [1.54, 1.807) is 24.3 Å². The highest BCUT2D eigenvalue weighted by Gasteiger charge is 2.08. The summed E-state index contributed by atoms with van der Waals surface area (Å²) in [7, 11) is 0. The molecule has 0 aliphatic heterocycles. The van der Waals surface area contributed by atoms with Gasteiger partial charge in [-0.15, -0.1) is 0 Å². The lowest BCUT2D eigenvalue weighted by Crippen LogP contribution is -2.20. The second-order valence-corrected chi connectivity index (χ2v) is 7.68. The van der Waals surface area contributed by atoms with E-state index in [9.17, 15) is 9.59 Å². The summed E-state index contributed by atoms with van der Waals surface area (Å²) < 4.78 is 0. The second kappa shape index (κ2) is 13.1. The molecule has 2 N–H and O–H groups in total. The van der Waals surface area contributed by atoms with Crippen LogP contribution in [0.3, 0.4) is 0 Å². The summed E-state index contributed by atoms with van der Waals surface area (Å²) in [4.78, 5) is 24.0. The molecule has 0 heterocycles. The van der Waals surface area contributed by atoms with Gasteiger partial charge in [0.05, 0.1) is 0 Å². The van der Waals surface area contributed by atoms with Gasteiger partial charge >= 0.3 is 0 Å². The van der Waals surface area contributed by atoms with Crippen molar-refractivity contribution in [1.29, 1.82) is 0 Å². The largest absolute Gasteiger partial charge is 0.326 e. The first-order valence-electron chi connectivity index (χ1n) is 10.9. The Labute approximate surface area is 169 Å². The summed E-state index contributed by atoms with van der Waals surface area (Å²) in [6.07, 6.45) is 14.7. The number of anilines is 1.